The average Bonchev–Trinajstić information content (AvgIpc) is 2.28. The number of nitrogens with one attached hydrogen (secondary N) is 1. The summed E-state index contributed by atoms with van der Waals surface area (Å²) in [6, 6.07) is 7.16. The predicted octanol–water partition coefficient (Wildman–Crippen LogP) is 3.24. The summed E-state index contributed by atoms with van der Waals surface area (Å²) in [5.41, 5.74) is 0.665. The smallest absolute Gasteiger partial charge is 0.412 e. The first kappa shape index (κ1) is 12.9. The van der Waals surface area contributed by atoms with E-state index < -0.39 is 6.09 Å². The Balaban J connectivity index is 2.37. The van der Waals surface area contributed by atoms with E-state index in [-0.39, 0.29) is 12.5 Å². The molecule has 0 fully saturated rings. The van der Waals surface area contributed by atoms with Crippen molar-refractivity contribution in [1.29, 1.82) is 0 Å². The number of hydrogen-bond donors (Lipinski definition) is 1. The van der Waals surface area contributed by atoms with Crippen LogP contribution in [0.4, 0.5) is 10.5 Å². The van der Waals surface area contributed by atoms with Crippen molar-refractivity contribution in [3.8, 4) is 11.8 Å². The Morgan fingerprint density at radius 2 is 2.06 bits per heavy atom. The van der Waals surface area contributed by atoms with Crippen LogP contribution in [0, 0.1) is 11.8 Å². The van der Waals surface area contributed by atoms with Crippen molar-refractivity contribution in [3.05, 3.63) is 28.7 Å². The van der Waals surface area contributed by atoms with Crippen molar-refractivity contribution in [3.63, 3.8) is 0 Å². The molecule has 1 rings (SSSR count). The normalized spacial score (nSPS) is 8.88. The molecule has 0 atom stereocenters. The maximum absolute atomic E-state index is 11.2. The summed E-state index contributed by atoms with van der Waals surface area (Å²) in [7, 11) is 0. The SMILES string of the molecule is O=C(Nc1ccc(Br)cc1)OCC#CCCl. The molecule has 0 aliphatic carbocycles. The van der Waals surface area contributed by atoms with Crippen LogP contribution in [0.25, 0.3) is 0 Å². The molecule has 0 aromatic heterocycles. The third-order valence-electron chi connectivity index (χ3n) is 1.56. The van der Waals surface area contributed by atoms with Crippen LogP contribution < -0.4 is 5.32 Å². The van der Waals surface area contributed by atoms with Crippen LogP contribution >= 0.6 is 27.5 Å². The van der Waals surface area contributed by atoms with Gasteiger partial charge in [-0.2, -0.15) is 0 Å². The number of benzene rings is 1. The van der Waals surface area contributed by atoms with E-state index in [0.29, 0.717) is 5.69 Å². The van der Waals surface area contributed by atoms with Crippen LogP contribution in [0.3, 0.4) is 0 Å². The molecule has 0 unspecified atom stereocenters. The Hall–Kier alpha value is -1.18. The van der Waals surface area contributed by atoms with Crippen LogP contribution in [-0.2, 0) is 4.74 Å². The molecular formula is C11H9BrClNO2. The predicted molar refractivity (Wildman–Crippen MR) is 67.6 cm³/mol. The van der Waals surface area contributed by atoms with Crippen molar-refractivity contribution in [1.82, 2.24) is 0 Å². The number of anilines is 1. The highest BCUT2D eigenvalue weighted by Gasteiger charge is 2.00. The van der Waals surface area contributed by atoms with Gasteiger partial charge in [-0.3, -0.25) is 5.32 Å². The molecule has 0 spiro atoms. The van der Waals surface area contributed by atoms with Crippen molar-refractivity contribution in [2.24, 2.45) is 0 Å². The van der Waals surface area contributed by atoms with E-state index in [0.717, 1.165) is 4.47 Å². The van der Waals surface area contributed by atoms with Crippen molar-refractivity contribution >= 4 is 39.3 Å². The minimum absolute atomic E-state index is 0.0368. The summed E-state index contributed by atoms with van der Waals surface area (Å²) >= 11 is 8.62. The highest BCUT2D eigenvalue weighted by Crippen LogP contribution is 2.14. The highest BCUT2D eigenvalue weighted by molar-refractivity contribution is 9.10. The molecule has 1 N–H and O–H groups in total. The van der Waals surface area contributed by atoms with Gasteiger partial charge < -0.3 is 4.74 Å². The van der Waals surface area contributed by atoms with E-state index in [9.17, 15) is 4.79 Å². The molecule has 0 saturated heterocycles. The van der Waals surface area contributed by atoms with Gasteiger partial charge in [-0.25, -0.2) is 4.79 Å². The fourth-order valence-corrected chi connectivity index (χ4v) is 1.25. The van der Waals surface area contributed by atoms with E-state index >= 15 is 0 Å². The first-order valence-corrected chi connectivity index (χ1v) is 5.76. The fourth-order valence-electron chi connectivity index (χ4n) is 0.887. The standard InChI is InChI=1S/C11H9BrClNO2/c12-9-3-5-10(6-4-9)14-11(15)16-8-2-1-7-13/h3-6H,7-8H2,(H,14,15). The minimum Gasteiger partial charge on any atom is -0.436 e. The maximum atomic E-state index is 11.2. The van der Waals surface area contributed by atoms with Gasteiger partial charge in [0.2, 0.25) is 0 Å². The summed E-state index contributed by atoms with van der Waals surface area (Å²) in [5.74, 6) is 5.40. The topological polar surface area (TPSA) is 38.3 Å². The number of carbonyl (C=O) groups excluding carboxylic acids is 1. The molecule has 84 valence electrons. The van der Waals surface area contributed by atoms with Crippen molar-refractivity contribution in [2.75, 3.05) is 17.8 Å². The van der Waals surface area contributed by atoms with Crippen LogP contribution in [0.2, 0.25) is 0 Å². The van der Waals surface area contributed by atoms with Gasteiger partial charge in [0.15, 0.2) is 6.61 Å². The molecule has 3 nitrogen and oxygen atoms in total. The molecule has 16 heavy (non-hydrogen) atoms. The number of alkyl halides is 1. The number of ether oxygens (including phenoxy) is 1. The zero-order valence-corrected chi connectivity index (χ0v) is 10.6. The first-order valence-electron chi connectivity index (χ1n) is 4.43. The van der Waals surface area contributed by atoms with E-state index in [1.165, 1.54) is 0 Å². The first-order chi connectivity index (χ1) is 7.72. The third-order valence-corrected chi connectivity index (χ3v) is 2.22. The number of hydrogen-bond acceptors (Lipinski definition) is 2. The van der Waals surface area contributed by atoms with Crippen molar-refractivity contribution in [2.45, 2.75) is 0 Å². The second-order valence-electron chi connectivity index (χ2n) is 2.70. The quantitative estimate of drug-likeness (QED) is 0.673. The van der Waals surface area contributed by atoms with Gasteiger partial charge in [-0.15, -0.1) is 11.6 Å². The lowest BCUT2D eigenvalue weighted by Gasteiger charge is -2.04. The molecular weight excluding hydrogens is 293 g/mol. The molecule has 1 aromatic carbocycles. The lowest BCUT2D eigenvalue weighted by atomic mass is 10.3. The van der Waals surface area contributed by atoms with E-state index in [2.05, 4.69) is 33.1 Å². The Bertz CT molecular complexity index is 408. The van der Waals surface area contributed by atoms with Gasteiger partial charge in [-0.1, -0.05) is 27.8 Å². The number of halogens is 2. The Morgan fingerprint density at radius 1 is 1.38 bits per heavy atom. The van der Waals surface area contributed by atoms with E-state index in [1.807, 2.05) is 12.1 Å². The summed E-state index contributed by atoms with van der Waals surface area (Å²) < 4.78 is 5.73. The molecule has 0 aliphatic rings. The van der Waals surface area contributed by atoms with Gasteiger partial charge in [0.05, 0.1) is 5.88 Å². The number of rotatable bonds is 2. The average molecular weight is 303 g/mol. The maximum Gasteiger partial charge on any atom is 0.412 e. The summed E-state index contributed by atoms with van der Waals surface area (Å²) in [5, 5.41) is 2.56. The highest BCUT2D eigenvalue weighted by atomic mass is 79.9. The third kappa shape index (κ3) is 5.06. The van der Waals surface area contributed by atoms with Crippen LogP contribution in [-0.4, -0.2) is 18.6 Å². The molecule has 0 heterocycles. The Kier molecular flexibility index (Phi) is 5.76. The summed E-state index contributed by atoms with van der Waals surface area (Å²) in [6.45, 7) is 0.0368. The van der Waals surface area contributed by atoms with Gasteiger partial charge in [0.1, 0.15) is 0 Å². The molecule has 0 saturated carbocycles. The summed E-state index contributed by atoms with van der Waals surface area (Å²) in [6.07, 6.45) is -0.536. The van der Waals surface area contributed by atoms with E-state index in [4.69, 9.17) is 16.3 Å². The van der Waals surface area contributed by atoms with Crippen LogP contribution in [0.5, 0.6) is 0 Å². The molecule has 5 heteroatoms. The molecule has 0 aliphatic heterocycles. The molecule has 1 aromatic rings. The van der Waals surface area contributed by atoms with Gasteiger partial charge in [0.25, 0.3) is 0 Å². The summed E-state index contributed by atoms with van der Waals surface area (Å²) in [4.78, 5) is 11.2. The number of amides is 1. The molecule has 0 radical (unpaired) electrons. The molecule has 0 bridgehead atoms. The van der Waals surface area contributed by atoms with Gasteiger partial charge in [-0.05, 0) is 24.3 Å². The Labute approximate surface area is 107 Å². The Morgan fingerprint density at radius 3 is 2.69 bits per heavy atom. The second kappa shape index (κ2) is 7.15. The number of carbonyl (C=O) groups is 1. The second-order valence-corrected chi connectivity index (χ2v) is 3.88. The fraction of sp³-hybridized carbons (Fsp3) is 0.182. The minimum atomic E-state index is -0.536. The molecule has 1 amide bonds. The lowest BCUT2D eigenvalue weighted by molar-refractivity contribution is 0.176. The zero-order valence-electron chi connectivity index (χ0n) is 8.30. The lowest BCUT2D eigenvalue weighted by Crippen LogP contribution is -2.13. The van der Waals surface area contributed by atoms with Crippen molar-refractivity contribution < 1.29 is 9.53 Å². The largest absolute Gasteiger partial charge is 0.436 e. The van der Waals surface area contributed by atoms with Crippen LogP contribution in [0.1, 0.15) is 0 Å². The monoisotopic (exact) mass is 301 g/mol. The van der Waals surface area contributed by atoms with Gasteiger partial charge in [0, 0.05) is 10.2 Å². The zero-order chi connectivity index (χ0) is 11.8. The van der Waals surface area contributed by atoms with E-state index in [1.54, 1.807) is 12.1 Å². The van der Waals surface area contributed by atoms with Gasteiger partial charge >= 0.3 is 6.09 Å². The van der Waals surface area contributed by atoms with Crippen LogP contribution in [0.15, 0.2) is 28.7 Å².